The number of carbonyl (C=O) groups is 3. The van der Waals surface area contributed by atoms with Crippen LogP contribution in [0.25, 0.3) is 0 Å². The van der Waals surface area contributed by atoms with Crippen molar-refractivity contribution in [3.05, 3.63) is 0 Å². The van der Waals surface area contributed by atoms with Gasteiger partial charge >= 0.3 is 41.5 Å². The summed E-state index contributed by atoms with van der Waals surface area (Å²) in [7, 11) is 0. The molecule has 0 aromatic heterocycles. The Morgan fingerprint density at radius 2 is 1.33 bits per heavy atom. The van der Waals surface area contributed by atoms with Crippen LogP contribution in [0.5, 0.6) is 0 Å². The molecule has 8 nitrogen and oxygen atoms in total. The number of ether oxygens (including phenoxy) is 2. The van der Waals surface area contributed by atoms with Crippen LogP contribution in [-0.4, -0.2) is 47.1 Å². The number of hydrogen-bond donors (Lipinski definition) is 2. The molecule has 0 aromatic rings. The van der Waals surface area contributed by atoms with E-state index < -0.39 is 23.6 Å². The molecule has 0 unspecified atom stereocenters. The van der Waals surface area contributed by atoms with Crippen LogP contribution in [0.2, 0.25) is 0 Å². The Balaban J connectivity index is -0.000000392. The second-order valence-corrected chi connectivity index (χ2v) is 2.41. The van der Waals surface area contributed by atoms with Crippen molar-refractivity contribution in [1.82, 2.24) is 0 Å². The van der Waals surface area contributed by atoms with E-state index in [-0.39, 0.29) is 42.8 Å². The molecule has 0 heterocycles. The van der Waals surface area contributed by atoms with E-state index in [1.807, 2.05) is 0 Å². The van der Waals surface area contributed by atoms with E-state index in [1.54, 1.807) is 13.8 Å². The molecule has 0 radical (unpaired) electrons. The third-order valence-corrected chi connectivity index (χ3v) is 1.04. The van der Waals surface area contributed by atoms with Gasteiger partial charge in [-0.1, -0.05) is 5.16 Å². The molecule has 9 heteroatoms. The Morgan fingerprint density at radius 3 is 1.50 bits per heavy atom. The number of carboxylic acid groups (broad SMARTS) is 1. The summed E-state index contributed by atoms with van der Waals surface area (Å²) >= 11 is 0. The SMILES string of the molecule is CC(=O)O.CCOC(=O)C(=NO)C(=O)OCC.[Na+]. The minimum absolute atomic E-state index is 0. The van der Waals surface area contributed by atoms with E-state index in [0.717, 1.165) is 6.92 Å². The van der Waals surface area contributed by atoms with E-state index in [2.05, 4.69) is 14.6 Å². The minimum Gasteiger partial charge on any atom is -0.481 e. The number of oxime groups is 1. The first-order valence-corrected chi connectivity index (χ1v) is 4.66. The van der Waals surface area contributed by atoms with E-state index >= 15 is 0 Å². The fourth-order valence-electron chi connectivity index (χ4n) is 0.564. The van der Waals surface area contributed by atoms with Gasteiger partial charge in [0.2, 0.25) is 0 Å². The second-order valence-electron chi connectivity index (χ2n) is 2.41. The van der Waals surface area contributed by atoms with Gasteiger partial charge in [0.1, 0.15) is 0 Å². The molecule has 0 saturated heterocycles. The maximum absolute atomic E-state index is 10.9. The minimum atomic E-state index is -0.997. The number of hydrogen-bond acceptors (Lipinski definition) is 7. The first-order valence-electron chi connectivity index (χ1n) is 4.66. The van der Waals surface area contributed by atoms with Crippen molar-refractivity contribution in [2.75, 3.05) is 13.2 Å². The molecule has 0 aliphatic rings. The normalized spacial score (nSPS) is 7.72. The number of carbonyl (C=O) groups excluding carboxylic acids is 2. The zero-order chi connectivity index (χ0) is 13.8. The Kier molecular flexibility index (Phi) is 17.1. The Morgan fingerprint density at radius 1 is 1.06 bits per heavy atom. The average Bonchev–Trinajstić information content (AvgIpc) is 2.18. The molecule has 18 heavy (non-hydrogen) atoms. The monoisotopic (exact) mass is 272 g/mol. The molecule has 2 N–H and O–H groups in total. The molecule has 0 aliphatic heterocycles. The quantitative estimate of drug-likeness (QED) is 0.140. The molecule has 0 rings (SSSR count). The molecule has 0 amide bonds. The largest absolute Gasteiger partial charge is 1.00 e. The summed E-state index contributed by atoms with van der Waals surface area (Å²) in [6.45, 7) is 4.41. The van der Waals surface area contributed by atoms with E-state index in [0.29, 0.717) is 0 Å². The maximum Gasteiger partial charge on any atom is 1.00 e. The van der Waals surface area contributed by atoms with Gasteiger partial charge in [0.05, 0.1) is 13.2 Å². The number of esters is 2. The molecule has 0 saturated carbocycles. The Hall–Kier alpha value is -1.12. The van der Waals surface area contributed by atoms with Crippen molar-refractivity contribution in [1.29, 1.82) is 0 Å². The van der Waals surface area contributed by atoms with Crippen molar-refractivity contribution in [3.8, 4) is 0 Å². The van der Waals surface area contributed by atoms with Gasteiger partial charge in [-0.05, 0) is 13.8 Å². The van der Waals surface area contributed by atoms with Crippen LogP contribution < -0.4 is 29.6 Å². The molecule has 0 spiro atoms. The number of aliphatic carboxylic acids is 1. The number of rotatable bonds is 4. The topological polar surface area (TPSA) is 122 Å². The molecule has 0 aliphatic carbocycles. The van der Waals surface area contributed by atoms with Crippen molar-refractivity contribution >= 4 is 23.6 Å². The number of nitrogens with zero attached hydrogens (tertiary/aromatic N) is 1. The molecule has 0 atom stereocenters. The molecule has 98 valence electrons. The van der Waals surface area contributed by atoms with Crippen LogP contribution >= 0.6 is 0 Å². The summed E-state index contributed by atoms with van der Waals surface area (Å²) in [5, 5.41) is 18.2. The van der Waals surface area contributed by atoms with Gasteiger partial charge in [-0.2, -0.15) is 0 Å². The predicted octanol–water partition coefficient (Wildman–Crippen LogP) is -2.96. The summed E-state index contributed by atoms with van der Waals surface area (Å²) in [6.07, 6.45) is 0. The van der Waals surface area contributed by atoms with Crippen LogP contribution in [-0.2, 0) is 23.9 Å². The van der Waals surface area contributed by atoms with Gasteiger partial charge in [-0.3, -0.25) is 4.79 Å². The van der Waals surface area contributed by atoms with Crippen LogP contribution in [0.3, 0.4) is 0 Å². The molecule has 0 aromatic carbocycles. The van der Waals surface area contributed by atoms with E-state index in [4.69, 9.17) is 15.1 Å². The molecular formula is C9H15NNaO7+. The van der Waals surface area contributed by atoms with Crippen molar-refractivity contribution < 1.29 is 63.7 Å². The second kappa shape index (κ2) is 13.9. The molecule has 0 fully saturated rings. The third kappa shape index (κ3) is 12.9. The Labute approximate surface area is 126 Å². The van der Waals surface area contributed by atoms with Crippen LogP contribution in [0.4, 0.5) is 0 Å². The molecule has 0 bridgehead atoms. The standard InChI is InChI=1S/C7H11NO5.C2H4O2.Na/c1-3-12-6(9)5(8-11)7(10)13-4-2;1-2(3)4;/h11H,3-4H2,1-2H3;1H3,(H,3,4);/q;;+1. The smallest absolute Gasteiger partial charge is 0.481 e. The average molecular weight is 272 g/mol. The maximum atomic E-state index is 10.9. The summed E-state index contributed by atoms with van der Waals surface area (Å²) in [6, 6.07) is 0. The van der Waals surface area contributed by atoms with Crippen molar-refractivity contribution in [2.24, 2.45) is 5.16 Å². The van der Waals surface area contributed by atoms with Crippen LogP contribution in [0.15, 0.2) is 5.16 Å². The van der Waals surface area contributed by atoms with Crippen molar-refractivity contribution in [2.45, 2.75) is 20.8 Å². The number of carboxylic acids is 1. The van der Waals surface area contributed by atoms with Gasteiger partial charge in [0.25, 0.3) is 11.7 Å². The van der Waals surface area contributed by atoms with Gasteiger partial charge in [0.15, 0.2) is 0 Å². The van der Waals surface area contributed by atoms with Gasteiger partial charge in [-0.15, -0.1) is 0 Å². The van der Waals surface area contributed by atoms with Gasteiger partial charge < -0.3 is 19.8 Å². The summed E-state index contributed by atoms with van der Waals surface area (Å²) in [4.78, 5) is 30.8. The third-order valence-electron chi connectivity index (χ3n) is 1.04. The molecular weight excluding hydrogens is 257 g/mol. The first-order chi connectivity index (χ1) is 7.90. The Bertz CT molecular complexity index is 279. The zero-order valence-corrected chi connectivity index (χ0v) is 12.8. The van der Waals surface area contributed by atoms with Crippen LogP contribution in [0, 0.1) is 0 Å². The predicted molar refractivity (Wildman–Crippen MR) is 55.8 cm³/mol. The van der Waals surface area contributed by atoms with Crippen molar-refractivity contribution in [3.63, 3.8) is 0 Å². The summed E-state index contributed by atoms with van der Waals surface area (Å²) in [5.41, 5.74) is -0.747. The summed E-state index contributed by atoms with van der Waals surface area (Å²) < 4.78 is 8.86. The first kappa shape index (κ1) is 22.1. The van der Waals surface area contributed by atoms with Gasteiger partial charge in [0, 0.05) is 6.92 Å². The van der Waals surface area contributed by atoms with E-state index in [1.165, 1.54) is 0 Å². The van der Waals surface area contributed by atoms with E-state index in [9.17, 15) is 9.59 Å². The van der Waals surface area contributed by atoms with Crippen LogP contribution in [0.1, 0.15) is 20.8 Å². The zero-order valence-electron chi connectivity index (χ0n) is 10.8. The fourth-order valence-corrected chi connectivity index (χ4v) is 0.564. The fraction of sp³-hybridized carbons (Fsp3) is 0.556. The van der Waals surface area contributed by atoms with Gasteiger partial charge in [-0.25, -0.2) is 9.59 Å². The summed E-state index contributed by atoms with van der Waals surface area (Å²) in [5.74, 6) is -2.83.